The minimum Gasteiger partial charge on any atom is -0.460 e. The maximum Gasteiger partial charge on any atom is 0.311 e. The lowest BCUT2D eigenvalue weighted by atomic mass is 9.88. The van der Waals surface area contributed by atoms with Crippen molar-refractivity contribution in [1.29, 1.82) is 0 Å². The minimum absolute atomic E-state index is 0.0305. The second kappa shape index (κ2) is 4.30. The fraction of sp³-hybridized carbons (Fsp3) is 0.909. The van der Waals surface area contributed by atoms with Crippen LogP contribution in [0.2, 0.25) is 0 Å². The SMILES string of the molecule is C[C@@H]1CCNC[C@H]1C(=O)OC(C)(C)C. The first-order valence-corrected chi connectivity index (χ1v) is 5.34. The minimum atomic E-state index is -0.367. The Morgan fingerprint density at radius 1 is 1.43 bits per heavy atom. The Kier molecular flexibility index (Phi) is 3.53. The molecule has 0 aromatic rings. The van der Waals surface area contributed by atoms with Gasteiger partial charge in [-0.25, -0.2) is 0 Å². The van der Waals surface area contributed by atoms with Crippen LogP contribution < -0.4 is 5.32 Å². The summed E-state index contributed by atoms with van der Waals surface area (Å²) in [4.78, 5) is 11.8. The molecule has 14 heavy (non-hydrogen) atoms. The van der Waals surface area contributed by atoms with Crippen molar-refractivity contribution in [3.05, 3.63) is 0 Å². The molecule has 0 spiro atoms. The van der Waals surface area contributed by atoms with Gasteiger partial charge in [-0.15, -0.1) is 0 Å². The quantitative estimate of drug-likeness (QED) is 0.651. The van der Waals surface area contributed by atoms with Crippen LogP contribution in [-0.2, 0) is 9.53 Å². The van der Waals surface area contributed by atoms with Gasteiger partial charge in [0.15, 0.2) is 0 Å². The summed E-state index contributed by atoms with van der Waals surface area (Å²) < 4.78 is 5.37. The molecule has 0 unspecified atom stereocenters. The maximum absolute atomic E-state index is 11.8. The molecule has 0 amide bonds. The van der Waals surface area contributed by atoms with Gasteiger partial charge in [0.1, 0.15) is 5.60 Å². The maximum atomic E-state index is 11.8. The first kappa shape index (κ1) is 11.5. The molecule has 0 aromatic carbocycles. The zero-order valence-electron chi connectivity index (χ0n) is 9.59. The molecule has 3 nitrogen and oxygen atoms in total. The second-order valence-corrected chi connectivity index (χ2v) is 5.11. The Balaban J connectivity index is 2.50. The van der Waals surface area contributed by atoms with Gasteiger partial charge in [-0.2, -0.15) is 0 Å². The lowest BCUT2D eigenvalue weighted by Gasteiger charge is -2.30. The van der Waals surface area contributed by atoms with Crippen LogP contribution in [-0.4, -0.2) is 24.7 Å². The number of carbonyl (C=O) groups excluding carboxylic acids is 1. The van der Waals surface area contributed by atoms with E-state index in [1.165, 1.54) is 0 Å². The Labute approximate surface area is 86.2 Å². The smallest absolute Gasteiger partial charge is 0.311 e. The van der Waals surface area contributed by atoms with Gasteiger partial charge in [0.05, 0.1) is 5.92 Å². The lowest BCUT2D eigenvalue weighted by Crippen LogP contribution is -2.42. The summed E-state index contributed by atoms with van der Waals surface area (Å²) in [6.45, 7) is 9.62. The Morgan fingerprint density at radius 3 is 2.57 bits per heavy atom. The molecule has 0 aliphatic carbocycles. The fourth-order valence-electron chi connectivity index (χ4n) is 1.68. The predicted octanol–water partition coefficient (Wildman–Crippen LogP) is 1.57. The van der Waals surface area contributed by atoms with Crippen molar-refractivity contribution in [3.8, 4) is 0 Å². The van der Waals surface area contributed by atoms with Gasteiger partial charge < -0.3 is 10.1 Å². The first-order chi connectivity index (χ1) is 6.40. The first-order valence-electron chi connectivity index (χ1n) is 5.34. The average Bonchev–Trinajstić information content (AvgIpc) is 2.01. The zero-order chi connectivity index (χ0) is 10.8. The average molecular weight is 199 g/mol. The van der Waals surface area contributed by atoms with Crippen molar-refractivity contribution in [2.75, 3.05) is 13.1 Å². The number of piperidine rings is 1. The number of hydrogen-bond donors (Lipinski definition) is 1. The Hall–Kier alpha value is -0.570. The molecule has 1 rings (SSSR count). The highest BCUT2D eigenvalue weighted by atomic mass is 16.6. The van der Waals surface area contributed by atoms with E-state index in [1.54, 1.807) is 0 Å². The van der Waals surface area contributed by atoms with Gasteiger partial charge in [-0.1, -0.05) is 6.92 Å². The number of rotatable bonds is 1. The number of ether oxygens (including phenoxy) is 1. The van der Waals surface area contributed by atoms with E-state index in [2.05, 4.69) is 12.2 Å². The predicted molar refractivity (Wildman–Crippen MR) is 56.0 cm³/mol. The van der Waals surface area contributed by atoms with Crippen LogP contribution in [0.5, 0.6) is 0 Å². The standard InChI is InChI=1S/C11H21NO2/c1-8-5-6-12-7-9(8)10(13)14-11(2,3)4/h8-9,12H,5-7H2,1-4H3/t8-,9-/m1/s1. The van der Waals surface area contributed by atoms with E-state index in [0.29, 0.717) is 5.92 Å². The topological polar surface area (TPSA) is 38.3 Å². The fourth-order valence-corrected chi connectivity index (χ4v) is 1.68. The van der Waals surface area contributed by atoms with Gasteiger partial charge in [-0.05, 0) is 39.7 Å². The van der Waals surface area contributed by atoms with Crippen molar-refractivity contribution < 1.29 is 9.53 Å². The molecule has 1 saturated heterocycles. The second-order valence-electron chi connectivity index (χ2n) is 5.11. The molecule has 1 fully saturated rings. The van der Waals surface area contributed by atoms with Crippen LogP contribution in [0.15, 0.2) is 0 Å². The van der Waals surface area contributed by atoms with Crippen LogP contribution in [0.4, 0.5) is 0 Å². The number of carbonyl (C=O) groups is 1. The lowest BCUT2D eigenvalue weighted by molar-refractivity contribution is -0.162. The number of nitrogens with one attached hydrogen (secondary N) is 1. The highest BCUT2D eigenvalue weighted by molar-refractivity contribution is 5.73. The summed E-state index contributed by atoms with van der Waals surface area (Å²) in [7, 11) is 0. The van der Waals surface area contributed by atoms with E-state index >= 15 is 0 Å². The molecular weight excluding hydrogens is 178 g/mol. The van der Waals surface area contributed by atoms with Crippen molar-refractivity contribution in [2.45, 2.75) is 39.7 Å². The summed E-state index contributed by atoms with van der Waals surface area (Å²) in [5.41, 5.74) is -0.367. The van der Waals surface area contributed by atoms with E-state index in [4.69, 9.17) is 4.74 Å². The van der Waals surface area contributed by atoms with Gasteiger partial charge >= 0.3 is 5.97 Å². The van der Waals surface area contributed by atoms with E-state index in [0.717, 1.165) is 19.5 Å². The Bertz CT molecular complexity index is 208. The molecule has 0 aromatic heterocycles. The van der Waals surface area contributed by atoms with Gasteiger partial charge in [0.25, 0.3) is 0 Å². The summed E-state index contributed by atoms with van der Waals surface area (Å²) in [5.74, 6) is 0.409. The van der Waals surface area contributed by atoms with Crippen LogP contribution >= 0.6 is 0 Å². The van der Waals surface area contributed by atoms with E-state index < -0.39 is 0 Å². The van der Waals surface area contributed by atoms with Crippen molar-refractivity contribution >= 4 is 5.97 Å². The zero-order valence-corrected chi connectivity index (χ0v) is 9.59. The third-order valence-electron chi connectivity index (χ3n) is 2.54. The normalized spacial score (nSPS) is 28.6. The molecule has 0 saturated carbocycles. The van der Waals surface area contributed by atoms with Crippen molar-refractivity contribution in [2.24, 2.45) is 11.8 Å². The van der Waals surface area contributed by atoms with Crippen LogP contribution in [0.1, 0.15) is 34.1 Å². The molecule has 0 bridgehead atoms. The van der Waals surface area contributed by atoms with Gasteiger partial charge in [-0.3, -0.25) is 4.79 Å². The third-order valence-corrected chi connectivity index (χ3v) is 2.54. The molecule has 2 atom stereocenters. The molecule has 1 aliphatic heterocycles. The van der Waals surface area contributed by atoms with Crippen LogP contribution in [0, 0.1) is 11.8 Å². The largest absolute Gasteiger partial charge is 0.460 e. The highest BCUT2D eigenvalue weighted by Gasteiger charge is 2.31. The monoisotopic (exact) mass is 199 g/mol. The van der Waals surface area contributed by atoms with Crippen molar-refractivity contribution in [3.63, 3.8) is 0 Å². The molecule has 1 aliphatic rings. The summed E-state index contributed by atoms with van der Waals surface area (Å²) in [5, 5.41) is 3.23. The number of hydrogen-bond acceptors (Lipinski definition) is 3. The summed E-state index contributed by atoms with van der Waals surface area (Å²) in [6, 6.07) is 0. The molecule has 1 heterocycles. The van der Waals surface area contributed by atoms with Gasteiger partial charge in [0.2, 0.25) is 0 Å². The molecule has 0 radical (unpaired) electrons. The van der Waals surface area contributed by atoms with Crippen LogP contribution in [0.25, 0.3) is 0 Å². The summed E-state index contributed by atoms with van der Waals surface area (Å²) >= 11 is 0. The third kappa shape index (κ3) is 3.29. The molecule has 82 valence electrons. The molecule has 3 heteroatoms. The summed E-state index contributed by atoms with van der Waals surface area (Å²) in [6.07, 6.45) is 1.06. The van der Waals surface area contributed by atoms with Crippen molar-refractivity contribution in [1.82, 2.24) is 5.32 Å². The Morgan fingerprint density at radius 2 is 2.07 bits per heavy atom. The molecular formula is C11H21NO2. The molecule has 1 N–H and O–H groups in total. The van der Waals surface area contributed by atoms with Crippen LogP contribution in [0.3, 0.4) is 0 Å². The van der Waals surface area contributed by atoms with Gasteiger partial charge in [0, 0.05) is 6.54 Å². The number of esters is 1. The van der Waals surface area contributed by atoms with E-state index in [-0.39, 0.29) is 17.5 Å². The van der Waals surface area contributed by atoms with E-state index in [1.807, 2.05) is 20.8 Å². The highest BCUT2D eigenvalue weighted by Crippen LogP contribution is 2.22. The van der Waals surface area contributed by atoms with E-state index in [9.17, 15) is 4.79 Å².